The van der Waals surface area contributed by atoms with Crippen LogP contribution < -0.4 is 24.0 Å². The third kappa shape index (κ3) is 4.74. The van der Waals surface area contributed by atoms with Crippen molar-refractivity contribution in [3.63, 3.8) is 0 Å². The van der Waals surface area contributed by atoms with E-state index in [0.29, 0.717) is 18.8 Å². The molecule has 0 spiro atoms. The number of hydrogen-bond donors (Lipinski definition) is 0. The molecule has 0 aromatic heterocycles. The molecule has 2 aromatic carbocycles. The molecule has 24 heavy (non-hydrogen) atoms. The van der Waals surface area contributed by atoms with Gasteiger partial charge in [0.05, 0.1) is 0 Å². The van der Waals surface area contributed by atoms with E-state index in [1.807, 2.05) is 12.1 Å². The molecule has 3 rings (SSSR count). The molecular formula is C20H22LiNO2. The second kappa shape index (κ2) is 9.08. The number of carboxylic acid groups (broad SMARTS) is 1. The van der Waals surface area contributed by atoms with E-state index in [-0.39, 0.29) is 24.8 Å². The van der Waals surface area contributed by atoms with Gasteiger partial charge in [-0.05, 0) is 37.1 Å². The van der Waals surface area contributed by atoms with Crippen LogP contribution in [0.2, 0.25) is 0 Å². The Morgan fingerprint density at radius 1 is 0.958 bits per heavy atom. The van der Waals surface area contributed by atoms with E-state index in [4.69, 9.17) is 0 Å². The maximum absolute atomic E-state index is 11.0. The molecule has 1 aliphatic heterocycles. The van der Waals surface area contributed by atoms with Crippen LogP contribution in [0.3, 0.4) is 0 Å². The van der Waals surface area contributed by atoms with Crippen molar-refractivity contribution in [1.29, 1.82) is 0 Å². The molecule has 1 heterocycles. The van der Waals surface area contributed by atoms with Crippen molar-refractivity contribution < 1.29 is 28.8 Å². The Hall–Kier alpha value is -1.53. The SMILES string of the molecule is O=C([O-])C1CCN(CC(c2ccccc2)c2ccccc2)CC1.[Li+]. The van der Waals surface area contributed by atoms with Crippen molar-refractivity contribution in [3.8, 4) is 0 Å². The minimum absolute atomic E-state index is 0. The second-order valence-electron chi connectivity index (χ2n) is 6.27. The molecule has 0 atom stereocenters. The Morgan fingerprint density at radius 2 is 1.42 bits per heavy atom. The first-order valence-corrected chi connectivity index (χ1v) is 8.27. The molecule has 2 aromatic rings. The summed E-state index contributed by atoms with van der Waals surface area (Å²) in [5.41, 5.74) is 2.61. The number of aliphatic carboxylic acids is 1. The zero-order chi connectivity index (χ0) is 16.1. The zero-order valence-corrected chi connectivity index (χ0v) is 14.2. The average Bonchev–Trinajstić information content (AvgIpc) is 2.61. The third-order valence-electron chi connectivity index (χ3n) is 4.77. The maximum Gasteiger partial charge on any atom is 1.00 e. The molecule has 4 heteroatoms. The largest absolute Gasteiger partial charge is 1.00 e. The smallest absolute Gasteiger partial charge is 0.550 e. The summed E-state index contributed by atoms with van der Waals surface area (Å²) in [6.07, 6.45) is 1.39. The fourth-order valence-electron chi connectivity index (χ4n) is 3.38. The Morgan fingerprint density at radius 3 is 1.83 bits per heavy atom. The van der Waals surface area contributed by atoms with E-state index in [1.165, 1.54) is 11.1 Å². The van der Waals surface area contributed by atoms with Crippen molar-refractivity contribution in [2.24, 2.45) is 5.92 Å². The van der Waals surface area contributed by atoms with Gasteiger partial charge in [0.2, 0.25) is 0 Å². The van der Waals surface area contributed by atoms with Crippen LogP contribution in [0.4, 0.5) is 0 Å². The molecule has 0 unspecified atom stereocenters. The van der Waals surface area contributed by atoms with Crippen molar-refractivity contribution in [2.75, 3.05) is 19.6 Å². The van der Waals surface area contributed by atoms with Crippen LogP contribution in [-0.2, 0) is 4.79 Å². The average molecular weight is 315 g/mol. The zero-order valence-electron chi connectivity index (χ0n) is 14.2. The van der Waals surface area contributed by atoms with E-state index in [1.54, 1.807) is 0 Å². The van der Waals surface area contributed by atoms with Gasteiger partial charge in [-0.1, -0.05) is 60.7 Å². The molecule has 0 aliphatic carbocycles. The van der Waals surface area contributed by atoms with Gasteiger partial charge in [-0.15, -0.1) is 0 Å². The molecular weight excluding hydrogens is 293 g/mol. The van der Waals surface area contributed by atoms with E-state index >= 15 is 0 Å². The molecule has 0 N–H and O–H groups in total. The predicted molar refractivity (Wildman–Crippen MR) is 88.9 cm³/mol. The van der Waals surface area contributed by atoms with Crippen molar-refractivity contribution in [3.05, 3.63) is 71.8 Å². The summed E-state index contributed by atoms with van der Waals surface area (Å²) in [5.74, 6) is -0.859. The molecule has 0 radical (unpaired) electrons. The number of carbonyl (C=O) groups excluding carboxylic acids is 1. The molecule has 0 bridgehead atoms. The fraction of sp³-hybridized carbons (Fsp3) is 0.350. The van der Waals surface area contributed by atoms with Gasteiger partial charge in [0.1, 0.15) is 0 Å². The van der Waals surface area contributed by atoms with E-state index in [9.17, 15) is 9.90 Å². The summed E-state index contributed by atoms with van der Waals surface area (Å²) in [7, 11) is 0. The summed E-state index contributed by atoms with van der Waals surface area (Å²) in [6, 6.07) is 21.1. The van der Waals surface area contributed by atoms with Crippen LogP contribution in [0.15, 0.2) is 60.7 Å². The first kappa shape index (κ1) is 18.8. The number of piperidine rings is 1. The topological polar surface area (TPSA) is 43.4 Å². The number of carbonyl (C=O) groups is 1. The Balaban J connectivity index is 0.00000208. The van der Waals surface area contributed by atoms with Gasteiger partial charge < -0.3 is 14.8 Å². The molecule has 1 fully saturated rings. The first-order chi connectivity index (χ1) is 11.2. The van der Waals surface area contributed by atoms with Gasteiger partial charge in [0.15, 0.2) is 0 Å². The van der Waals surface area contributed by atoms with Crippen LogP contribution in [0.5, 0.6) is 0 Å². The number of rotatable bonds is 5. The molecule has 3 nitrogen and oxygen atoms in total. The van der Waals surface area contributed by atoms with Gasteiger partial charge in [-0.2, -0.15) is 0 Å². The standard InChI is InChI=1S/C20H23NO2.Li/c22-20(23)18-11-13-21(14-12-18)15-19(16-7-3-1-4-8-16)17-9-5-2-6-10-17;/h1-10,18-19H,11-15H2,(H,22,23);/q;+1/p-1. The summed E-state index contributed by atoms with van der Waals surface area (Å²) in [4.78, 5) is 13.4. The molecule has 0 amide bonds. The quantitative estimate of drug-likeness (QED) is 0.684. The number of likely N-dealkylation sites (tertiary alicyclic amines) is 1. The minimum Gasteiger partial charge on any atom is -0.550 e. The number of hydrogen-bond acceptors (Lipinski definition) is 3. The molecule has 120 valence electrons. The predicted octanol–water partition coefficient (Wildman–Crippen LogP) is -0.716. The monoisotopic (exact) mass is 315 g/mol. The second-order valence-corrected chi connectivity index (χ2v) is 6.27. The maximum atomic E-state index is 11.0. The summed E-state index contributed by atoms with van der Waals surface area (Å²) < 4.78 is 0. The molecule has 1 saturated heterocycles. The van der Waals surface area contributed by atoms with Crippen molar-refractivity contribution in [1.82, 2.24) is 4.90 Å². The molecule has 1 aliphatic rings. The van der Waals surface area contributed by atoms with Gasteiger partial charge in [0, 0.05) is 24.3 Å². The number of benzene rings is 2. The van der Waals surface area contributed by atoms with E-state index in [0.717, 1.165) is 19.6 Å². The summed E-state index contributed by atoms with van der Waals surface area (Å²) >= 11 is 0. The van der Waals surface area contributed by atoms with Gasteiger partial charge in [0.25, 0.3) is 0 Å². The van der Waals surface area contributed by atoms with Crippen LogP contribution in [0.1, 0.15) is 29.9 Å². The molecule has 0 saturated carbocycles. The number of nitrogens with zero attached hydrogens (tertiary/aromatic N) is 1. The van der Waals surface area contributed by atoms with Crippen LogP contribution in [-0.4, -0.2) is 30.5 Å². The Bertz CT molecular complexity index is 585. The third-order valence-corrected chi connectivity index (χ3v) is 4.77. The van der Waals surface area contributed by atoms with Gasteiger partial charge in [-0.3, -0.25) is 0 Å². The summed E-state index contributed by atoms with van der Waals surface area (Å²) in [5, 5.41) is 11.0. The number of carboxylic acids is 1. The first-order valence-electron chi connectivity index (χ1n) is 8.27. The van der Waals surface area contributed by atoms with Gasteiger partial charge in [-0.25, -0.2) is 0 Å². The van der Waals surface area contributed by atoms with E-state index in [2.05, 4.69) is 53.4 Å². The van der Waals surface area contributed by atoms with Crippen LogP contribution in [0.25, 0.3) is 0 Å². The minimum atomic E-state index is -0.896. The van der Waals surface area contributed by atoms with E-state index < -0.39 is 5.97 Å². The van der Waals surface area contributed by atoms with Crippen LogP contribution >= 0.6 is 0 Å². The van der Waals surface area contributed by atoms with Crippen molar-refractivity contribution in [2.45, 2.75) is 18.8 Å². The van der Waals surface area contributed by atoms with Crippen LogP contribution in [0, 0.1) is 5.92 Å². The fourth-order valence-corrected chi connectivity index (χ4v) is 3.38. The van der Waals surface area contributed by atoms with Crippen molar-refractivity contribution >= 4 is 5.97 Å². The Kier molecular flexibility index (Phi) is 7.11. The van der Waals surface area contributed by atoms with Gasteiger partial charge >= 0.3 is 18.9 Å². The normalized spacial score (nSPS) is 15.9. The Labute approximate surface area is 155 Å². The summed E-state index contributed by atoms with van der Waals surface area (Å²) in [6.45, 7) is 2.58.